The van der Waals surface area contributed by atoms with Gasteiger partial charge in [0.2, 0.25) is 0 Å². The lowest BCUT2D eigenvalue weighted by atomic mass is 10.0. The number of nitrogens with zero attached hydrogens (tertiary/aromatic N) is 1. The molecule has 1 aromatic rings. The van der Waals surface area contributed by atoms with Crippen LogP contribution in [0.15, 0.2) is 18.2 Å². The van der Waals surface area contributed by atoms with Crippen LogP contribution in [0.1, 0.15) is 25.5 Å². The first-order chi connectivity index (χ1) is 9.40. The van der Waals surface area contributed by atoms with Crippen molar-refractivity contribution in [2.75, 3.05) is 31.9 Å². The van der Waals surface area contributed by atoms with Crippen molar-refractivity contribution in [2.45, 2.75) is 31.2 Å². The smallest absolute Gasteiger partial charge is 0.125 e. The second-order valence-corrected chi connectivity index (χ2v) is 6.31. The van der Waals surface area contributed by atoms with Crippen LogP contribution in [-0.2, 0) is 0 Å². The van der Waals surface area contributed by atoms with Crippen LogP contribution in [-0.4, -0.2) is 43.4 Å². The molecule has 0 saturated carbocycles. The molecule has 0 fully saturated rings. The van der Waals surface area contributed by atoms with E-state index in [1.807, 2.05) is 31.3 Å². The van der Waals surface area contributed by atoms with Crippen molar-refractivity contribution in [2.24, 2.45) is 0 Å². The predicted octanol–water partition coefficient (Wildman–Crippen LogP) is 2.65. The molecule has 0 aliphatic heterocycles. The molecule has 3 nitrogen and oxygen atoms in total. The summed E-state index contributed by atoms with van der Waals surface area (Å²) in [7, 11) is 3.82. The monoisotopic (exact) mass is 300 g/mol. The lowest BCUT2D eigenvalue weighted by Gasteiger charge is -2.28. The Hall–Kier alpha value is -0.780. The zero-order valence-corrected chi connectivity index (χ0v) is 13.7. The van der Waals surface area contributed by atoms with Crippen LogP contribution in [0, 0.1) is 5.82 Å². The lowest BCUT2D eigenvalue weighted by molar-refractivity contribution is 0.272. The van der Waals surface area contributed by atoms with E-state index in [1.54, 1.807) is 17.8 Å². The van der Waals surface area contributed by atoms with E-state index in [9.17, 15) is 9.50 Å². The number of anilines is 1. The van der Waals surface area contributed by atoms with Gasteiger partial charge in [0.1, 0.15) is 5.82 Å². The number of halogens is 1. The van der Waals surface area contributed by atoms with Gasteiger partial charge in [0.15, 0.2) is 0 Å². The van der Waals surface area contributed by atoms with Crippen LogP contribution < -0.4 is 10.2 Å². The average molecular weight is 300 g/mol. The molecule has 0 heterocycles. The van der Waals surface area contributed by atoms with Crippen LogP contribution in [0.3, 0.4) is 0 Å². The summed E-state index contributed by atoms with van der Waals surface area (Å²) in [6, 6.07) is 5.12. The standard InChI is InChI=1S/C15H25FN2OS/c1-10(17-11(2)15(9-19)20-5)13-7-6-12(16)8-14(13)18(3)4/h6-8,10-11,15,17,19H,9H2,1-5H3. The summed E-state index contributed by atoms with van der Waals surface area (Å²) in [5.74, 6) is -0.227. The van der Waals surface area contributed by atoms with Gasteiger partial charge in [-0.1, -0.05) is 6.07 Å². The number of rotatable bonds is 7. The summed E-state index contributed by atoms with van der Waals surface area (Å²) in [5, 5.41) is 13.0. The molecular weight excluding hydrogens is 275 g/mol. The summed E-state index contributed by atoms with van der Waals surface area (Å²) >= 11 is 1.65. The Morgan fingerprint density at radius 3 is 2.50 bits per heavy atom. The number of hydrogen-bond donors (Lipinski definition) is 2. The van der Waals surface area contributed by atoms with Gasteiger partial charge < -0.3 is 15.3 Å². The van der Waals surface area contributed by atoms with Crippen LogP contribution in [0.25, 0.3) is 0 Å². The molecule has 0 amide bonds. The van der Waals surface area contributed by atoms with E-state index >= 15 is 0 Å². The second-order valence-electron chi connectivity index (χ2n) is 5.23. The van der Waals surface area contributed by atoms with Crippen molar-refractivity contribution in [1.29, 1.82) is 0 Å². The van der Waals surface area contributed by atoms with Crippen molar-refractivity contribution >= 4 is 17.4 Å². The summed E-state index contributed by atoms with van der Waals surface area (Å²) in [6.07, 6.45) is 1.99. The maximum Gasteiger partial charge on any atom is 0.125 e. The first-order valence-electron chi connectivity index (χ1n) is 6.77. The first-order valence-corrected chi connectivity index (χ1v) is 8.06. The Morgan fingerprint density at radius 2 is 2.00 bits per heavy atom. The van der Waals surface area contributed by atoms with Crippen LogP contribution in [0.2, 0.25) is 0 Å². The molecule has 0 aliphatic rings. The van der Waals surface area contributed by atoms with Gasteiger partial charge in [-0.25, -0.2) is 4.39 Å². The molecule has 3 unspecified atom stereocenters. The molecular formula is C15H25FN2OS. The Labute approximate surface area is 125 Å². The highest BCUT2D eigenvalue weighted by atomic mass is 32.2. The van der Waals surface area contributed by atoms with Crippen LogP contribution in [0.4, 0.5) is 10.1 Å². The quantitative estimate of drug-likeness (QED) is 0.811. The SMILES string of the molecule is CSC(CO)C(C)NC(C)c1ccc(F)cc1N(C)C. The van der Waals surface area contributed by atoms with Crippen molar-refractivity contribution < 1.29 is 9.50 Å². The molecule has 0 radical (unpaired) electrons. The second kappa shape index (κ2) is 7.86. The van der Waals surface area contributed by atoms with E-state index in [0.717, 1.165) is 11.3 Å². The molecule has 5 heteroatoms. The van der Waals surface area contributed by atoms with E-state index in [-0.39, 0.29) is 29.8 Å². The zero-order chi connectivity index (χ0) is 15.3. The van der Waals surface area contributed by atoms with Gasteiger partial charge in [-0.05, 0) is 37.8 Å². The summed E-state index contributed by atoms with van der Waals surface area (Å²) in [5.41, 5.74) is 1.93. The number of aliphatic hydroxyl groups is 1. The van der Waals surface area contributed by atoms with E-state index in [0.29, 0.717) is 0 Å². The Bertz CT molecular complexity index is 424. The topological polar surface area (TPSA) is 35.5 Å². The normalized spacial score (nSPS) is 15.8. The van der Waals surface area contributed by atoms with Gasteiger partial charge in [0.05, 0.1) is 6.61 Å². The fourth-order valence-electron chi connectivity index (χ4n) is 2.30. The Morgan fingerprint density at radius 1 is 1.35 bits per heavy atom. The largest absolute Gasteiger partial charge is 0.395 e. The summed E-state index contributed by atoms with van der Waals surface area (Å²) in [4.78, 5) is 1.92. The fraction of sp³-hybridized carbons (Fsp3) is 0.600. The summed E-state index contributed by atoms with van der Waals surface area (Å²) in [6.45, 7) is 4.27. The van der Waals surface area contributed by atoms with Gasteiger partial charge in [-0.3, -0.25) is 0 Å². The van der Waals surface area contributed by atoms with Gasteiger partial charge >= 0.3 is 0 Å². The zero-order valence-electron chi connectivity index (χ0n) is 12.9. The number of thioether (sulfide) groups is 1. The lowest BCUT2D eigenvalue weighted by Crippen LogP contribution is -2.39. The number of aliphatic hydroxyl groups excluding tert-OH is 1. The molecule has 0 bridgehead atoms. The van der Waals surface area contributed by atoms with Crippen molar-refractivity contribution in [3.05, 3.63) is 29.6 Å². The minimum atomic E-state index is -0.227. The predicted molar refractivity (Wildman–Crippen MR) is 86.1 cm³/mol. The number of hydrogen-bond acceptors (Lipinski definition) is 4. The third-order valence-corrected chi connectivity index (χ3v) is 4.66. The minimum absolute atomic E-state index is 0.0872. The third kappa shape index (κ3) is 4.36. The maximum atomic E-state index is 13.4. The minimum Gasteiger partial charge on any atom is -0.395 e. The number of nitrogens with one attached hydrogen (secondary N) is 1. The van der Waals surface area contributed by atoms with Crippen LogP contribution >= 0.6 is 11.8 Å². The van der Waals surface area contributed by atoms with E-state index < -0.39 is 0 Å². The molecule has 20 heavy (non-hydrogen) atoms. The third-order valence-electron chi connectivity index (χ3n) is 3.49. The van der Waals surface area contributed by atoms with Crippen molar-refractivity contribution in [3.63, 3.8) is 0 Å². The van der Waals surface area contributed by atoms with E-state index in [4.69, 9.17) is 0 Å². The highest BCUT2D eigenvalue weighted by Gasteiger charge is 2.20. The molecule has 0 aliphatic carbocycles. The van der Waals surface area contributed by atoms with E-state index in [2.05, 4.69) is 19.2 Å². The van der Waals surface area contributed by atoms with Crippen molar-refractivity contribution in [3.8, 4) is 0 Å². The van der Waals surface area contributed by atoms with E-state index in [1.165, 1.54) is 6.07 Å². The fourth-order valence-corrected chi connectivity index (χ4v) is 2.93. The summed E-state index contributed by atoms with van der Waals surface area (Å²) < 4.78 is 13.4. The molecule has 2 N–H and O–H groups in total. The molecule has 3 atom stereocenters. The highest BCUT2D eigenvalue weighted by molar-refractivity contribution is 7.99. The molecule has 1 aromatic carbocycles. The Kier molecular flexibility index (Phi) is 6.79. The van der Waals surface area contributed by atoms with Gasteiger partial charge in [-0.15, -0.1) is 0 Å². The van der Waals surface area contributed by atoms with Gasteiger partial charge in [-0.2, -0.15) is 11.8 Å². The van der Waals surface area contributed by atoms with Crippen LogP contribution in [0.5, 0.6) is 0 Å². The first kappa shape index (κ1) is 17.3. The average Bonchev–Trinajstić information content (AvgIpc) is 2.39. The highest BCUT2D eigenvalue weighted by Crippen LogP contribution is 2.27. The maximum absolute atomic E-state index is 13.4. The number of benzene rings is 1. The molecule has 0 spiro atoms. The van der Waals surface area contributed by atoms with Gasteiger partial charge in [0, 0.05) is 37.1 Å². The molecule has 0 saturated heterocycles. The molecule has 0 aromatic heterocycles. The van der Waals surface area contributed by atoms with Gasteiger partial charge in [0.25, 0.3) is 0 Å². The van der Waals surface area contributed by atoms with Crippen molar-refractivity contribution in [1.82, 2.24) is 5.32 Å². The molecule has 1 rings (SSSR count). The Balaban J connectivity index is 2.89. The molecule has 114 valence electrons.